The second-order valence-corrected chi connectivity index (χ2v) is 6.39. The van der Waals surface area contributed by atoms with E-state index in [1.54, 1.807) is 0 Å². The van der Waals surface area contributed by atoms with Crippen molar-refractivity contribution in [2.45, 2.75) is 79.8 Å². The van der Waals surface area contributed by atoms with Gasteiger partial charge in [0.1, 0.15) is 0 Å². The minimum atomic E-state index is 0.308. The highest BCUT2D eigenvalue weighted by Gasteiger charge is 2.33. The van der Waals surface area contributed by atoms with Gasteiger partial charge in [-0.05, 0) is 46.1 Å². The first kappa shape index (κ1) is 15.0. The summed E-state index contributed by atoms with van der Waals surface area (Å²) in [6.45, 7) is 19.8. The fourth-order valence-electron chi connectivity index (χ4n) is 2.89. The summed E-state index contributed by atoms with van der Waals surface area (Å²) >= 11 is 0. The van der Waals surface area contributed by atoms with Crippen LogP contribution in [0.3, 0.4) is 0 Å². The van der Waals surface area contributed by atoms with Gasteiger partial charge in [0.2, 0.25) is 0 Å². The molecule has 0 heterocycles. The Morgan fingerprint density at radius 2 is 1.47 bits per heavy atom. The van der Waals surface area contributed by atoms with E-state index in [-0.39, 0.29) is 0 Å². The molecule has 0 unspecified atom stereocenters. The van der Waals surface area contributed by atoms with Crippen molar-refractivity contribution in [2.24, 2.45) is 5.41 Å². The second kappa shape index (κ2) is 5.34. The average Bonchev–Trinajstić information content (AvgIpc) is 2.01. The third-order valence-electron chi connectivity index (χ3n) is 3.61. The van der Waals surface area contributed by atoms with Crippen molar-refractivity contribution in [3.8, 4) is 0 Å². The van der Waals surface area contributed by atoms with E-state index in [0.717, 1.165) is 6.54 Å². The van der Waals surface area contributed by atoms with Crippen LogP contribution >= 0.6 is 0 Å². The summed E-state index contributed by atoms with van der Waals surface area (Å²) < 4.78 is 0. The molecule has 0 rings (SSSR count). The summed E-state index contributed by atoms with van der Waals surface area (Å²) in [5, 5.41) is 0. The van der Waals surface area contributed by atoms with E-state index in [9.17, 15) is 0 Å². The first-order valence-corrected chi connectivity index (χ1v) is 6.43. The summed E-state index contributed by atoms with van der Waals surface area (Å²) in [4.78, 5) is 2.60. The molecule has 15 heavy (non-hydrogen) atoms. The molecule has 1 nitrogen and oxygen atoms in total. The largest absolute Gasteiger partial charge is 0.296 e. The van der Waals surface area contributed by atoms with E-state index in [2.05, 4.69) is 60.3 Å². The maximum absolute atomic E-state index is 2.60. The number of hydrogen-bond acceptors (Lipinski definition) is 1. The summed E-state index contributed by atoms with van der Waals surface area (Å²) in [6, 6.07) is 0.637. The Hall–Kier alpha value is -0.0400. The lowest BCUT2D eigenvalue weighted by Crippen LogP contribution is -2.49. The first-order valence-electron chi connectivity index (χ1n) is 6.43. The van der Waals surface area contributed by atoms with Crippen LogP contribution in [0.2, 0.25) is 0 Å². The van der Waals surface area contributed by atoms with Crippen molar-refractivity contribution in [2.75, 3.05) is 6.54 Å². The molecule has 0 saturated carbocycles. The van der Waals surface area contributed by atoms with E-state index in [1.807, 2.05) is 0 Å². The molecule has 0 spiro atoms. The van der Waals surface area contributed by atoms with Crippen molar-refractivity contribution in [3.63, 3.8) is 0 Å². The molecule has 0 saturated heterocycles. The fourth-order valence-corrected chi connectivity index (χ4v) is 2.89. The predicted molar refractivity (Wildman–Crippen MR) is 70.3 cm³/mol. The molecule has 0 N–H and O–H groups in total. The lowest BCUT2D eigenvalue weighted by molar-refractivity contribution is 0.0489. The van der Waals surface area contributed by atoms with Crippen LogP contribution in [0.15, 0.2) is 0 Å². The van der Waals surface area contributed by atoms with Crippen LogP contribution in [0, 0.1) is 5.41 Å². The third-order valence-corrected chi connectivity index (χ3v) is 3.61. The predicted octanol–water partition coefficient (Wildman–Crippen LogP) is 4.32. The zero-order valence-electron chi connectivity index (χ0n) is 12.1. The van der Waals surface area contributed by atoms with Gasteiger partial charge in [-0.25, -0.2) is 0 Å². The Morgan fingerprint density at radius 1 is 1.00 bits per heavy atom. The Morgan fingerprint density at radius 3 is 1.73 bits per heavy atom. The Kier molecular flexibility index (Phi) is 5.32. The Balaban J connectivity index is 4.65. The van der Waals surface area contributed by atoms with Crippen LogP contribution in [-0.2, 0) is 0 Å². The summed E-state index contributed by atoms with van der Waals surface area (Å²) in [5.74, 6) is 0. The zero-order chi connectivity index (χ0) is 12.3. The first-order chi connectivity index (χ1) is 6.66. The molecule has 0 aliphatic rings. The maximum Gasteiger partial charge on any atom is 0.0160 e. The minimum absolute atomic E-state index is 0.308. The van der Waals surface area contributed by atoms with Crippen LogP contribution in [-0.4, -0.2) is 23.0 Å². The smallest absolute Gasteiger partial charge is 0.0160 e. The van der Waals surface area contributed by atoms with E-state index in [0.29, 0.717) is 17.0 Å². The summed E-state index contributed by atoms with van der Waals surface area (Å²) in [7, 11) is 0. The molecule has 0 aromatic carbocycles. The molecule has 0 fully saturated rings. The van der Waals surface area contributed by atoms with Gasteiger partial charge in [0.25, 0.3) is 0 Å². The van der Waals surface area contributed by atoms with Gasteiger partial charge in [-0.1, -0.05) is 34.1 Å². The second-order valence-electron chi connectivity index (χ2n) is 6.39. The van der Waals surface area contributed by atoms with Gasteiger partial charge in [-0.2, -0.15) is 0 Å². The molecule has 0 aliphatic carbocycles. The lowest BCUT2D eigenvalue weighted by atomic mass is 9.77. The van der Waals surface area contributed by atoms with E-state index in [4.69, 9.17) is 0 Å². The van der Waals surface area contributed by atoms with Gasteiger partial charge < -0.3 is 0 Å². The normalized spacial score (nSPS) is 14.0. The van der Waals surface area contributed by atoms with Crippen molar-refractivity contribution in [3.05, 3.63) is 0 Å². The number of rotatable bonds is 6. The highest BCUT2D eigenvalue weighted by molar-refractivity contribution is 4.88. The molecule has 0 aromatic heterocycles. The molecule has 0 aliphatic heterocycles. The van der Waals surface area contributed by atoms with Crippen LogP contribution in [0.5, 0.6) is 0 Å². The summed E-state index contributed by atoms with van der Waals surface area (Å²) in [5.41, 5.74) is 0.758. The van der Waals surface area contributed by atoms with Crippen molar-refractivity contribution in [1.29, 1.82) is 0 Å². The van der Waals surface area contributed by atoms with E-state index < -0.39 is 0 Å². The van der Waals surface area contributed by atoms with Crippen molar-refractivity contribution < 1.29 is 0 Å². The molecule has 0 aromatic rings. The highest BCUT2D eigenvalue weighted by atomic mass is 15.2. The van der Waals surface area contributed by atoms with Gasteiger partial charge in [0, 0.05) is 11.6 Å². The van der Waals surface area contributed by atoms with Crippen LogP contribution in [0.1, 0.15) is 68.2 Å². The van der Waals surface area contributed by atoms with Crippen LogP contribution in [0.25, 0.3) is 0 Å². The van der Waals surface area contributed by atoms with Gasteiger partial charge in [-0.3, -0.25) is 4.90 Å². The molecule has 0 radical (unpaired) electrons. The van der Waals surface area contributed by atoms with Gasteiger partial charge in [-0.15, -0.1) is 0 Å². The topological polar surface area (TPSA) is 3.24 Å². The standard InChI is InChI=1S/C14H31N/c1-9-13(5,6)11-14(7,8)15(10-2)12(3)4/h12H,9-11H2,1-8H3. The summed E-state index contributed by atoms with van der Waals surface area (Å²) in [6.07, 6.45) is 2.52. The van der Waals surface area contributed by atoms with E-state index in [1.165, 1.54) is 12.8 Å². The Bertz CT molecular complexity index is 180. The lowest BCUT2D eigenvalue weighted by Gasteiger charge is -2.45. The quantitative estimate of drug-likeness (QED) is 0.635. The van der Waals surface area contributed by atoms with Gasteiger partial charge in [0.15, 0.2) is 0 Å². The molecule has 0 atom stereocenters. The van der Waals surface area contributed by atoms with Crippen LogP contribution in [0.4, 0.5) is 0 Å². The number of hydrogen-bond donors (Lipinski definition) is 0. The molecular weight excluding hydrogens is 182 g/mol. The van der Waals surface area contributed by atoms with Gasteiger partial charge >= 0.3 is 0 Å². The third kappa shape index (κ3) is 4.55. The molecule has 0 bridgehead atoms. The number of nitrogens with zero attached hydrogens (tertiary/aromatic N) is 1. The van der Waals surface area contributed by atoms with Crippen molar-refractivity contribution >= 4 is 0 Å². The monoisotopic (exact) mass is 213 g/mol. The fraction of sp³-hybridized carbons (Fsp3) is 1.00. The van der Waals surface area contributed by atoms with Crippen molar-refractivity contribution in [1.82, 2.24) is 4.90 Å². The van der Waals surface area contributed by atoms with Crippen LogP contribution < -0.4 is 0 Å². The highest BCUT2D eigenvalue weighted by Crippen LogP contribution is 2.34. The Labute approximate surface area is 97.2 Å². The molecular formula is C14H31N. The SMILES string of the molecule is CCN(C(C)C)C(C)(C)CC(C)(C)CC. The zero-order valence-corrected chi connectivity index (χ0v) is 12.1. The average molecular weight is 213 g/mol. The molecule has 0 amide bonds. The van der Waals surface area contributed by atoms with Gasteiger partial charge in [0.05, 0.1) is 0 Å². The molecule has 1 heteroatoms. The minimum Gasteiger partial charge on any atom is -0.296 e. The van der Waals surface area contributed by atoms with E-state index >= 15 is 0 Å². The molecule has 92 valence electrons. The maximum atomic E-state index is 2.60.